The minimum Gasteiger partial charge on any atom is -0.495 e. The molecule has 0 unspecified atom stereocenters. The molecule has 0 N–H and O–H groups in total. The summed E-state index contributed by atoms with van der Waals surface area (Å²) in [5, 5.41) is 1.14. The first-order valence-corrected chi connectivity index (χ1v) is 5.56. The predicted molar refractivity (Wildman–Crippen MR) is 68.5 cm³/mol. The molecule has 3 heteroatoms. The number of hydrogen-bond acceptors (Lipinski definition) is 1. The molecule has 2 rings (SSSR count). The van der Waals surface area contributed by atoms with Crippen molar-refractivity contribution in [3.63, 3.8) is 0 Å². The van der Waals surface area contributed by atoms with E-state index >= 15 is 0 Å². The quantitative estimate of drug-likeness (QED) is 0.755. The first-order chi connectivity index (χ1) is 7.72. The Labute approximate surface area is 105 Å². The van der Waals surface area contributed by atoms with Gasteiger partial charge in [-0.05, 0) is 17.7 Å². The number of hydrogen-bond donors (Lipinski definition) is 0. The zero-order chi connectivity index (χ0) is 11.5. The summed E-state index contributed by atoms with van der Waals surface area (Å²) >= 11 is 12.1. The van der Waals surface area contributed by atoms with Crippen LogP contribution in [-0.2, 0) is 0 Å². The van der Waals surface area contributed by atoms with Gasteiger partial charge in [-0.25, -0.2) is 0 Å². The molecule has 0 heterocycles. The van der Waals surface area contributed by atoms with Crippen LogP contribution in [0.25, 0.3) is 11.1 Å². The molecule has 2 aromatic rings. The fourth-order valence-electron chi connectivity index (χ4n) is 1.52. The monoisotopic (exact) mass is 252 g/mol. The van der Waals surface area contributed by atoms with Crippen LogP contribution in [0.1, 0.15) is 0 Å². The molecule has 1 nitrogen and oxygen atoms in total. The van der Waals surface area contributed by atoms with Gasteiger partial charge in [-0.2, -0.15) is 0 Å². The SMILES string of the molecule is COc1cc(-c2ccccc2)c(Cl)cc1Cl. The van der Waals surface area contributed by atoms with Crippen molar-refractivity contribution in [2.75, 3.05) is 7.11 Å². The first-order valence-electron chi connectivity index (χ1n) is 4.81. The second-order valence-electron chi connectivity index (χ2n) is 3.33. The molecule has 0 bridgehead atoms. The van der Waals surface area contributed by atoms with E-state index in [1.165, 1.54) is 0 Å². The van der Waals surface area contributed by atoms with Crippen molar-refractivity contribution < 1.29 is 4.74 Å². The molecule has 0 aliphatic carbocycles. The van der Waals surface area contributed by atoms with Gasteiger partial charge in [0.25, 0.3) is 0 Å². The lowest BCUT2D eigenvalue weighted by molar-refractivity contribution is 0.415. The minimum absolute atomic E-state index is 0.521. The highest BCUT2D eigenvalue weighted by molar-refractivity contribution is 6.37. The van der Waals surface area contributed by atoms with E-state index in [2.05, 4.69) is 0 Å². The van der Waals surface area contributed by atoms with Gasteiger partial charge in [0.05, 0.1) is 17.2 Å². The third-order valence-electron chi connectivity index (χ3n) is 2.33. The fourth-order valence-corrected chi connectivity index (χ4v) is 2.09. The summed E-state index contributed by atoms with van der Waals surface area (Å²) in [6.07, 6.45) is 0. The maximum Gasteiger partial charge on any atom is 0.138 e. The van der Waals surface area contributed by atoms with Crippen molar-refractivity contribution in [2.24, 2.45) is 0 Å². The Morgan fingerprint density at radius 2 is 1.62 bits per heavy atom. The smallest absolute Gasteiger partial charge is 0.138 e. The van der Waals surface area contributed by atoms with Crippen molar-refractivity contribution in [2.45, 2.75) is 0 Å². The van der Waals surface area contributed by atoms with E-state index < -0.39 is 0 Å². The standard InChI is InChI=1S/C13H10Cl2O/c1-16-13-7-10(11(14)8-12(13)15)9-5-3-2-4-6-9/h2-8H,1H3. The lowest BCUT2D eigenvalue weighted by atomic mass is 10.1. The van der Waals surface area contributed by atoms with Crippen molar-refractivity contribution in [3.05, 3.63) is 52.5 Å². The molecule has 0 amide bonds. The molecule has 0 radical (unpaired) electrons. The van der Waals surface area contributed by atoms with Gasteiger partial charge in [0.15, 0.2) is 0 Å². The summed E-state index contributed by atoms with van der Waals surface area (Å²) < 4.78 is 5.17. The van der Waals surface area contributed by atoms with Crippen molar-refractivity contribution in [1.82, 2.24) is 0 Å². The third kappa shape index (κ3) is 2.16. The molecule has 0 fully saturated rings. The second kappa shape index (κ2) is 4.77. The molecule has 82 valence electrons. The Bertz CT molecular complexity index is 495. The molecule has 0 aromatic heterocycles. The van der Waals surface area contributed by atoms with Gasteiger partial charge in [-0.1, -0.05) is 53.5 Å². The van der Waals surface area contributed by atoms with Crippen LogP contribution >= 0.6 is 23.2 Å². The van der Waals surface area contributed by atoms with Gasteiger partial charge in [0, 0.05) is 5.56 Å². The molecule has 0 aliphatic heterocycles. The maximum absolute atomic E-state index is 6.15. The van der Waals surface area contributed by atoms with Crippen LogP contribution in [-0.4, -0.2) is 7.11 Å². The van der Waals surface area contributed by atoms with Gasteiger partial charge < -0.3 is 4.74 Å². The van der Waals surface area contributed by atoms with E-state index in [1.807, 2.05) is 36.4 Å². The van der Waals surface area contributed by atoms with Crippen LogP contribution in [0.5, 0.6) is 5.75 Å². The third-order valence-corrected chi connectivity index (χ3v) is 2.93. The van der Waals surface area contributed by atoms with Crippen LogP contribution < -0.4 is 4.74 Å². The lowest BCUT2D eigenvalue weighted by Gasteiger charge is -2.09. The number of ether oxygens (including phenoxy) is 1. The summed E-state index contributed by atoms with van der Waals surface area (Å²) in [7, 11) is 1.59. The Balaban J connectivity index is 2.57. The van der Waals surface area contributed by atoms with E-state index in [-0.39, 0.29) is 0 Å². The molecular weight excluding hydrogens is 243 g/mol. The summed E-state index contributed by atoms with van der Waals surface area (Å²) in [5.74, 6) is 0.630. The normalized spacial score (nSPS) is 10.2. The first kappa shape index (κ1) is 11.3. The predicted octanol–water partition coefficient (Wildman–Crippen LogP) is 4.67. The van der Waals surface area contributed by atoms with Crippen LogP contribution in [0, 0.1) is 0 Å². The van der Waals surface area contributed by atoms with Gasteiger partial charge in [-0.3, -0.25) is 0 Å². The number of methoxy groups -OCH3 is 1. The largest absolute Gasteiger partial charge is 0.495 e. The zero-order valence-electron chi connectivity index (χ0n) is 8.71. The molecule has 0 atom stereocenters. The number of rotatable bonds is 2. The van der Waals surface area contributed by atoms with E-state index in [0.29, 0.717) is 15.8 Å². The topological polar surface area (TPSA) is 9.23 Å². The Kier molecular flexibility index (Phi) is 3.37. The Morgan fingerprint density at radius 3 is 2.25 bits per heavy atom. The fraction of sp³-hybridized carbons (Fsp3) is 0.0769. The van der Waals surface area contributed by atoms with E-state index in [4.69, 9.17) is 27.9 Å². The molecule has 0 aliphatic rings. The average molecular weight is 253 g/mol. The number of halogens is 2. The zero-order valence-corrected chi connectivity index (χ0v) is 10.2. The Hall–Kier alpha value is -1.18. The Morgan fingerprint density at radius 1 is 0.938 bits per heavy atom. The maximum atomic E-state index is 6.15. The average Bonchev–Trinajstić information content (AvgIpc) is 2.30. The van der Waals surface area contributed by atoms with E-state index in [9.17, 15) is 0 Å². The molecule has 0 saturated heterocycles. The molecule has 16 heavy (non-hydrogen) atoms. The second-order valence-corrected chi connectivity index (χ2v) is 4.15. The summed E-state index contributed by atoms with van der Waals surface area (Å²) in [5.41, 5.74) is 1.96. The van der Waals surface area contributed by atoms with Gasteiger partial charge in [-0.15, -0.1) is 0 Å². The van der Waals surface area contributed by atoms with Gasteiger partial charge in [0.2, 0.25) is 0 Å². The number of benzene rings is 2. The lowest BCUT2D eigenvalue weighted by Crippen LogP contribution is -1.87. The highest BCUT2D eigenvalue weighted by Gasteiger charge is 2.08. The van der Waals surface area contributed by atoms with Gasteiger partial charge in [0.1, 0.15) is 5.75 Å². The van der Waals surface area contributed by atoms with Crippen LogP contribution in [0.2, 0.25) is 10.0 Å². The van der Waals surface area contributed by atoms with Crippen LogP contribution in [0.4, 0.5) is 0 Å². The van der Waals surface area contributed by atoms with E-state index in [0.717, 1.165) is 11.1 Å². The van der Waals surface area contributed by atoms with Crippen molar-refractivity contribution in [3.8, 4) is 16.9 Å². The minimum atomic E-state index is 0.521. The highest BCUT2D eigenvalue weighted by atomic mass is 35.5. The molecule has 0 saturated carbocycles. The van der Waals surface area contributed by atoms with Crippen LogP contribution in [0.3, 0.4) is 0 Å². The summed E-state index contributed by atoms with van der Waals surface area (Å²) in [6, 6.07) is 13.4. The molecule has 2 aromatic carbocycles. The molecular formula is C13H10Cl2O. The highest BCUT2D eigenvalue weighted by Crippen LogP contribution is 2.36. The van der Waals surface area contributed by atoms with Crippen molar-refractivity contribution >= 4 is 23.2 Å². The van der Waals surface area contributed by atoms with Crippen LogP contribution in [0.15, 0.2) is 42.5 Å². The molecule has 0 spiro atoms. The van der Waals surface area contributed by atoms with Crippen molar-refractivity contribution in [1.29, 1.82) is 0 Å². The summed E-state index contributed by atoms with van der Waals surface area (Å²) in [4.78, 5) is 0. The summed E-state index contributed by atoms with van der Waals surface area (Å²) in [6.45, 7) is 0. The van der Waals surface area contributed by atoms with E-state index in [1.54, 1.807) is 13.2 Å². The van der Waals surface area contributed by atoms with Gasteiger partial charge >= 0.3 is 0 Å².